The average Bonchev–Trinajstić information content (AvgIpc) is 1.65. The highest BCUT2D eigenvalue weighted by Crippen LogP contribution is 1.94. The molecule has 1 atom stereocenters. The van der Waals surface area contributed by atoms with Crippen molar-refractivity contribution in [2.75, 3.05) is 6.54 Å². The highest BCUT2D eigenvalue weighted by Gasteiger charge is 1.89. The lowest BCUT2D eigenvalue weighted by Crippen LogP contribution is -1.98. The first-order chi connectivity index (χ1) is 2.81. The second kappa shape index (κ2) is 3.16. The number of hydrogen-bond acceptors (Lipinski definition) is 0. The van der Waals surface area contributed by atoms with Crippen molar-refractivity contribution in [1.82, 2.24) is 5.73 Å². The van der Waals surface area contributed by atoms with E-state index in [1.165, 1.54) is 0 Å². The van der Waals surface area contributed by atoms with Crippen LogP contribution in [0.15, 0.2) is 0 Å². The van der Waals surface area contributed by atoms with Crippen LogP contribution in [-0.2, 0) is 0 Å². The van der Waals surface area contributed by atoms with E-state index in [9.17, 15) is 0 Å². The molecule has 0 aromatic heterocycles. The molecule has 0 aliphatic rings. The average molecular weight is 86.2 g/mol. The molecule has 1 N–H and O–H groups in total. The lowest BCUT2D eigenvalue weighted by Gasteiger charge is -1.98. The Balaban J connectivity index is 2.75. The molecule has 0 aromatic rings. The maximum absolute atomic E-state index is 6.81. The van der Waals surface area contributed by atoms with Crippen molar-refractivity contribution in [3.8, 4) is 0 Å². The summed E-state index contributed by atoms with van der Waals surface area (Å²) in [6.07, 6.45) is 1.14. The minimum Gasteiger partial charge on any atom is -0.258 e. The van der Waals surface area contributed by atoms with Crippen LogP contribution >= 0.6 is 0 Å². The summed E-state index contributed by atoms with van der Waals surface area (Å²) in [5.41, 5.74) is 6.81. The van der Waals surface area contributed by atoms with Gasteiger partial charge >= 0.3 is 0 Å². The zero-order valence-corrected chi connectivity index (χ0v) is 4.49. The molecule has 6 heavy (non-hydrogen) atoms. The predicted molar refractivity (Wildman–Crippen MR) is 27.4 cm³/mol. The van der Waals surface area contributed by atoms with Crippen LogP contribution in [0, 0.1) is 5.92 Å². The van der Waals surface area contributed by atoms with Crippen LogP contribution in [0.25, 0.3) is 0 Å². The molecule has 0 spiro atoms. The Morgan fingerprint density at radius 2 is 2.17 bits per heavy atom. The summed E-state index contributed by atoms with van der Waals surface area (Å²) in [4.78, 5) is 0. The van der Waals surface area contributed by atoms with Gasteiger partial charge in [0.1, 0.15) is 0 Å². The van der Waals surface area contributed by atoms with Gasteiger partial charge in [0.15, 0.2) is 0 Å². The lowest BCUT2D eigenvalue weighted by molar-refractivity contribution is 0.567. The topological polar surface area (TPSA) is 23.8 Å². The fraction of sp³-hybridized carbons (Fsp3) is 1.00. The minimum absolute atomic E-state index is 0.580. The smallest absolute Gasteiger partial charge is 0.0125 e. The van der Waals surface area contributed by atoms with Crippen molar-refractivity contribution < 1.29 is 0 Å². The molecule has 0 amide bonds. The zero-order valence-electron chi connectivity index (χ0n) is 4.49. The SMILES string of the molecule is CCC(C)C[NH]. The zero-order chi connectivity index (χ0) is 4.99. The molecule has 1 heteroatoms. The van der Waals surface area contributed by atoms with E-state index in [4.69, 9.17) is 5.73 Å². The van der Waals surface area contributed by atoms with E-state index >= 15 is 0 Å². The van der Waals surface area contributed by atoms with Crippen molar-refractivity contribution in [2.24, 2.45) is 5.92 Å². The molecule has 37 valence electrons. The van der Waals surface area contributed by atoms with Crippen LogP contribution in [-0.4, -0.2) is 6.54 Å². The largest absolute Gasteiger partial charge is 0.258 e. The highest BCUT2D eigenvalue weighted by molar-refractivity contribution is 4.45. The molecule has 0 heterocycles. The van der Waals surface area contributed by atoms with Crippen molar-refractivity contribution in [3.63, 3.8) is 0 Å². The van der Waals surface area contributed by atoms with Gasteiger partial charge in [0.25, 0.3) is 0 Å². The fourth-order valence-electron chi connectivity index (χ4n) is 0.144. The van der Waals surface area contributed by atoms with Crippen LogP contribution in [0.3, 0.4) is 0 Å². The summed E-state index contributed by atoms with van der Waals surface area (Å²) in [5.74, 6) is 0.602. The minimum atomic E-state index is 0.580. The molecule has 0 rings (SSSR count). The highest BCUT2D eigenvalue weighted by atomic mass is 14.5. The maximum atomic E-state index is 6.81. The number of rotatable bonds is 2. The van der Waals surface area contributed by atoms with Gasteiger partial charge < -0.3 is 0 Å². The number of hydrogen-bond donors (Lipinski definition) is 0. The van der Waals surface area contributed by atoms with E-state index in [1.54, 1.807) is 0 Å². The van der Waals surface area contributed by atoms with Gasteiger partial charge in [0.2, 0.25) is 0 Å². The first kappa shape index (κ1) is 5.96. The maximum Gasteiger partial charge on any atom is 0.0125 e. The monoisotopic (exact) mass is 86.1 g/mol. The summed E-state index contributed by atoms with van der Waals surface area (Å²) in [6, 6.07) is 0. The molecule has 1 unspecified atom stereocenters. The van der Waals surface area contributed by atoms with E-state index < -0.39 is 0 Å². The third kappa shape index (κ3) is 2.21. The van der Waals surface area contributed by atoms with E-state index in [-0.39, 0.29) is 0 Å². The van der Waals surface area contributed by atoms with Gasteiger partial charge in [-0.05, 0) is 5.92 Å². The Bertz CT molecular complexity index is 23.1. The Morgan fingerprint density at radius 3 is 2.17 bits per heavy atom. The van der Waals surface area contributed by atoms with Gasteiger partial charge in [-0.25, -0.2) is 0 Å². The molecule has 0 aromatic carbocycles. The Labute approximate surface area is 39.5 Å². The van der Waals surface area contributed by atoms with Gasteiger partial charge in [-0.1, -0.05) is 20.3 Å². The molecule has 0 saturated carbocycles. The second-order valence-corrected chi connectivity index (χ2v) is 1.72. The fourth-order valence-corrected chi connectivity index (χ4v) is 0.144. The van der Waals surface area contributed by atoms with E-state index in [0.717, 1.165) is 6.42 Å². The second-order valence-electron chi connectivity index (χ2n) is 1.72. The van der Waals surface area contributed by atoms with Crippen molar-refractivity contribution in [3.05, 3.63) is 0 Å². The van der Waals surface area contributed by atoms with Gasteiger partial charge in [0, 0.05) is 6.54 Å². The van der Waals surface area contributed by atoms with Gasteiger partial charge in [-0.2, -0.15) is 0 Å². The summed E-state index contributed by atoms with van der Waals surface area (Å²) < 4.78 is 0. The molecule has 1 radical (unpaired) electrons. The van der Waals surface area contributed by atoms with Crippen LogP contribution in [0.5, 0.6) is 0 Å². The molecule has 0 aliphatic heterocycles. The molecular weight excluding hydrogens is 74.1 g/mol. The quantitative estimate of drug-likeness (QED) is 0.484. The van der Waals surface area contributed by atoms with Crippen LogP contribution in [0.1, 0.15) is 20.3 Å². The van der Waals surface area contributed by atoms with Crippen LogP contribution in [0.2, 0.25) is 0 Å². The van der Waals surface area contributed by atoms with Crippen molar-refractivity contribution in [1.29, 1.82) is 0 Å². The van der Waals surface area contributed by atoms with Gasteiger partial charge in [-0.15, -0.1) is 0 Å². The Morgan fingerprint density at radius 1 is 1.67 bits per heavy atom. The first-order valence-corrected chi connectivity index (χ1v) is 2.45. The normalized spacial score (nSPS) is 14.5. The molecule has 0 aliphatic carbocycles. The van der Waals surface area contributed by atoms with E-state index in [2.05, 4.69) is 13.8 Å². The summed E-state index contributed by atoms with van der Waals surface area (Å²) in [7, 11) is 0. The van der Waals surface area contributed by atoms with Crippen LogP contribution in [0.4, 0.5) is 0 Å². The van der Waals surface area contributed by atoms with Crippen molar-refractivity contribution in [2.45, 2.75) is 20.3 Å². The Hall–Kier alpha value is -0.0400. The Kier molecular flexibility index (Phi) is 3.14. The summed E-state index contributed by atoms with van der Waals surface area (Å²) >= 11 is 0. The van der Waals surface area contributed by atoms with E-state index in [0.29, 0.717) is 12.5 Å². The molecular formula is C5H12N. The first-order valence-electron chi connectivity index (χ1n) is 2.45. The third-order valence-electron chi connectivity index (χ3n) is 1.05. The molecule has 0 bridgehead atoms. The number of nitrogens with one attached hydrogen (secondary N) is 1. The van der Waals surface area contributed by atoms with Gasteiger partial charge in [-0.3, -0.25) is 5.73 Å². The van der Waals surface area contributed by atoms with Crippen LogP contribution < -0.4 is 5.73 Å². The summed E-state index contributed by atoms with van der Waals surface area (Å²) in [6.45, 7) is 4.78. The third-order valence-corrected chi connectivity index (χ3v) is 1.05. The predicted octanol–water partition coefficient (Wildman–Crippen LogP) is 1.32. The van der Waals surface area contributed by atoms with Crippen molar-refractivity contribution >= 4 is 0 Å². The van der Waals surface area contributed by atoms with E-state index in [1.807, 2.05) is 0 Å². The summed E-state index contributed by atoms with van der Waals surface area (Å²) in [5, 5.41) is 0. The molecule has 0 saturated heterocycles. The molecule has 0 fully saturated rings. The van der Waals surface area contributed by atoms with Gasteiger partial charge in [0.05, 0.1) is 0 Å². The molecule has 1 nitrogen and oxygen atoms in total. The lowest BCUT2D eigenvalue weighted by atomic mass is 10.1. The standard InChI is InChI=1S/C5H12N/c1-3-5(2)4-6/h5-6H,3-4H2,1-2H3.